The van der Waals surface area contributed by atoms with E-state index in [-0.39, 0.29) is 5.91 Å². The number of amides is 1. The Balaban J connectivity index is 1.75. The highest BCUT2D eigenvalue weighted by Gasteiger charge is 2.21. The second kappa shape index (κ2) is 11.4. The van der Waals surface area contributed by atoms with E-state index in [0.717, 1.165) is 27.1 Å². The molecule has 0 atom stereocenters. The SMILES string of the molecule is COc1ccc(C(=O)N(C)CCc2cc(OC)c(OC)c3c2ccc2cc(OC)c(OC)cc23)c(OC)c1. The molecule has 4 aromatic rings. The summed E-state index contributed by atoms with van der Waals surface area (Å²) in [6, 6.07) is 15.2. The van der Waals surface area contributed by atoms with Gasteiger partial charge in [0.05, 0.1) is 48.2 Å². The molecule has 0 heterocycles. The lowest BCUT2D eigenvalue weighted by Crippen LogP contribution is -2.29. The molecule has 0 spiro atoms. The summed E-state index contributed by atoms with van der Waals surface area (Å²) in [4.78, 5) is 15.0. The fourth-order valence-corrected chi connectivity index (χ4v) is 4.72. The Morgan fingerprint density at radius 1 is 0.684 bits per heavy atom. The van der Waals surface area contributed by atoms with Crippen LogP contribution in [0.2, 0.25) is 0 Å². The number of hydrogen-bond donors (Lipinski definition) is 0. The summed E-state index contributed by atoms with van der Waals surface area (Å²) in [5.74, 6) is 3.47. The lowest BCUT2D eigenvalue weighted by molar-refractivity contribution is 0.0793. The highest BCUT2D eigenvalue weighted by Crippen LogP contribution is 2.44. The van der Waals surface area contributed by atoms with E-state index < -0.39 is 0 Å². The molecule has 0 aliphatic heterocycles. The smallest absolute Gasteiger partial charge is 0.257 e. The van der Waals surface area contributed by atoms with Crippen molar-refractivity contribution >= 4 is 27.5 Å². The average molecular weight is 520 g/mol. The van der Waals surface area contributed by atoms with Gasteiger partial charge in [0, 0.05) is 25.0 Å². The van der Waals surface area contributed by atoms with Crippen molar-refractivity contribution < 1.29 is 33.2 Å². The van der Waals surface area contributed by atoms with Crippen LogP contribution in [-0.4, -0.2) is 67.1 Å². The summed E-state index contributed by atoms with van der Waals surface area (Å²) in [6.45, 7) is 0.475. The van der Waals surface area contributed by atoms with Gasteiger partial charge in [-0.05, 0) is 58.5 Å². The van der Waals surface area contributed by atoms with Crippen molar-refractivity contribution in [1.29, 1.82) is 0 Å². The molecule has 200 valence electrons. The first-order chi connectivity index (χ1) is 18.4. The van der Waals surface area contributed by atoms with Crippen LogP contribution in [0.5, 0.6) is 34.5 Å². The zero-order chi connectivity index (χ0) is 27.4. The maximum absolute atomic E-state index is 13.3. The molecule has 4 aromatic carbocycles. The summed E-state index contributed by atoms with van der Waals surface area (Å²) in [7, 11) is 11.4. The van der Waals surface area contributed by atoms with Crippen LogP contribution in [-0.2, 0) is 6.42 Å². The van der Waals surface area contributed by atoms with Crippen molar-refractivity contribution in [2.45, 2.75) is 6.42 Å². The van der Waals surface area contributed by atoms with Gasteiger partial charge >= 0.3 is 0 Å². The highest BCUT2D eigenvalue weighted by molar-refractivity contribution is 6.13. The lowest BCUT2D eigenvalue weighted by atomic mass is 9.95. The Kier molecular flexibility index (Phi) is 8.00. The van der Waals surface area contributed by atoms with Gasteiger partial charge < -0.3 is 33.3 Å². The van der Waals surface area contributed by atoms with E-state index in [4.69, 9.17) is 28.4 Å². The lowest BCUT2D eigenvalue weighted by Gasteiger charge is -2.21. The van der Waals surface area contributed by atoms with E-state index in [2.05, 4.69) is 6.07 Å². The summed E-state index contributed by atoms with van der Waals surface area (Å²) in [5, 5.41) is 3.84. The van der Waals surface area contributed by atoms with Gasteiger partial charge in [0.1, 0.15) is 11.5 Å². The number of rotatable bonds is 10. The quantitative estimate of drug-likeness (QED) is 0.261. The van der Waals surface area contributed by atoms with Gasteiger partial charge in [0.2, 0.25) is 0 Å². The third-order valence-electron chi connectivity index (χ3n) is 6.75. The second-order valence-electron chi connectivity index (χ2n) is 8.73. The van der Waals surface area contributed by atoms with Crippen molar-refractivity contribution in [3.63, 3.8) is 0 Å². The minimum atomic E-state index is -0.142. The molecule has 0 saturated carbocycles. The predicted octanol–water partition coefficient (Wildman–Crippen LogP) is 5.36. The van der Waals surface area contributed by atoms with E-state index in [0.29, 0.717) is 53.0 Å². The van der Waals surface area contributed by atoms with Gasteiger partial charge in [-0.15, -0.1) is 0 Å². The van der Waals surface area contributed by atoms with Crippen LogP contribution < -0.4 is 28.4 Å². The maximum atomic E-state index is 13.3. The predicted molar refractivity (Wildman–Crippen MR) is 148 cm³/mol. The molecular formula is C30H33NO7. The third-order valence-corrected chi connectivity index (χ3v) is 6.75. The molecule has 0 bridgehead atoms. The third kappa shape index (κ3) is 4.81. The summed E-state index contributed by atoms with van der Waals surface area (Å²) < 4.78 is 33.3. The summed E-state index contributed by atoms with van der Waals surface area (Å²) in [5.41, 5.74) is 1.50. The second-order valence-corrected chi connectivity index (χ2v) is 8.73. The minimum Gasteiger partial charge on any atom is -0.497 e. The first kappa shape index (κ1) is 26.7. The fourth-order valence-electron chi connectivity index (χ4n) is 4.72. The van der Waals surface area contributed by atoms with E-state index in [1.165, 1.54) is 7.11 Å². The summed E-state index contributed by atoms with van der Waals surface area (Å²) in [6.07, 6.45) is 0.594. The van der Waals surface area contributed by atoms with Gasteiger partial charge in [-0.3, -0.25) is 4.79 Å². The van der Waals surface area contributed by atoms with Crippen LogP contribution in [0.4, 0.5) is 0 Å². The molecule has 1 amide bonds. The van der Waals surface area contributed by atoms with Gasteiger partial charge in [-0.1, -0.05) is 12.1 Å². The minimum absolute atomic E-state index is 0.142. The van der Waals surface area contributed by atoms with E-state index in [1.54, 1.807) is 65.7 Å². The largest absolute Gasteiger partial charge is 0.497 e. The van der Waals surface area contributed by atoms with Crippen LogP contribution >= 0.6 is 0 Å². The van der Waals surface area contributed by atoms with Crippen LogP contribution in [0.15, 0.2) is 48.5 Å². The normalized spacial score (nSPS) is 10.8. The molecule has 0 saturated heterocycles. The Morgan fingerprint density at radius 2 is 1.37 bits per heavy atom. The summed E-state index contributed by atoms with van der Waals surface area (Å²) >= 11 is 0. The molecule has 0 fully saturated rings. The highest BCUT2D eigenvalue weighted by atomic mass is 16.5. The van der Waals surface area contributed by atoms with E-state index >= 15 is 0 Å². The van der Waals surface area contributed by atoms with Gasteiger partial charge in [0.25, 0.3) is 5.91 Å². The van der Waals surface area contributed by atoms with E-state index in [1.807, 2.05) is 24.3 Å². The number of benzene rings is 4. The van der Waals surface area contributed by atoms with Crippen molar-refractivity contribution in [3.05, 3.63) is 59.7 Å². The van der Waals surface area contributed by atoms with Crippen LogP contribution in [0, 0.1) is 0 Å². The molecule has 4 rings (SSSR count). The Labute approximate surface area is 222 Å². The number of hydrogen-bond acceptors (Lipinski definition) is 7. The van der Waals surface area contributed by atoms with Gasteiger partial charge in [0.15, 0.2) is 23.0 Å². The molecule has 8 heteroatoms. The Bertz CT molecular complexity index is 1480. The van der Waals surface area contributed by atoms with E-state index in [9.17, 15) is 4.79 Å². The standard InChI is InChI=1S/C30H33NO7/c1-31(30(32)22-11-9-20(33-2)16-24(22)34-3)13-12-19-15-27(37-6)29(38-7)28-21(19)10-8-18-14-25(35-4)26(36-5)17-23(18)28/h8-11,14-17H,12-13H2,1-7H3. The molecule has 0 radical (unpaired) electrons. The molecule has 38 heavy (non-hydrogen) atoms. The molecule has 0 unspecified atom stereocenters. The van der Waals surface area contributed by atoms with Crippen molar-refractivity contribution in [3.8, 4) is 34.5 Å². The number of methoxy groups -OCH3 is 6. The Hall–Kier alpha value is -4.33. The molecule has 8 nitrogen and oxygen atoms in total. The number of carbonyl (C=O) groups is 1. The van der Waals surface area contributed by atoms with Gasteiger partial charge in [-0.25, -0.2) is 0 Å². The monoisotopic (exact) mass is 519 g/mol. The average Bonchev–Trinajstić information content (AvgIpc) is 2.97. The molecular weight excluding hydrogens is 486 g/mol. The number of fused-ring (bicyclic) bond motifs is 3. The number of ether oxygens (including phenoxy) is 6. The fraction of sp³-hybridized carbons (Fsp3) is 0.300. The molecule has 0 aliphatic carbocycles. The van der Waals surface area contributed by atoms with Crippen LogP contribution in [0.25, 0.3) is 21.5 Å². The van der Waals surface area contributed by atoms with Crippen LogP contribution in [0.1, 0.15) is 15.9 Å². The zero-order valence-electron chi connectivity index (χ0n) is 22.8. The zero-order valence-corrected chi connectivity index (χ0v) is 22.8. The molecule has 0 N–H and O–H groups in total. The molecule has 0 aliphatic rings. The maximum Gasteiger partial charge on any atom is 0.257 e. The van der Waals surface area contributed by atoms with Crippen molar-refractivity contribution in [1.82, 2.24) is 4.90 Å². The van der Waals surface area contributed by atoms with Crippen molar-refractivity contribution in [2.24, 2.45) is 0 Å². The number of carbonyl (C=O) groups excluding carboxylic acids is 1. The van der Waals surface area contributed by atoms with Crippen molar-refractivity contribution in [2.75, 3.05) is 56.3 Å². The Morgan fingerprint density at radius 3 is 2.00 bits per heavy atom. The van der Waals surface area contributed by atoms with Gasteiger partial charge in [-0.2, -0.15) is 0 Å². The first-order valence-electron chi connectivity index (χ1n) is 12.1. The number of likely N-dealkylation sites (N-methyl/N-ethyl adjacent to an activating group) is 1. The first-order valence-corrected chi connectivity index (χ1v) is 12.1. The van der Waals surface area contributed by atoms with Crippen LogP contribution in [0.3, 0.4) is 0 Å². The topological polar surface area (TPSA) is 75.7 Å². The molecule has 0 aromatic heterocycles. The number of nitrogens with zero attached hydrogens (tertiary/aromatic N) is 1.